The smallest absolute Gasteiger partial charge is 0.176 e. The minimum atomic E-state index is 0.614. The Morgan fingerprint density at radius 3 is 2.84 bits per heavy atom. The Morgan fingerprint density at radius 2 is 2.05 bits per heavy atom. The molecule has 0 spiro atoms. The van der Waals surface area contributed by atoms with E-state index in [1.807, 2.05) is 30.5 Å². The van der Waals surface area contributed by atoms with Crippen molar-refractivity contribution in [1.29, 1.82) is 0 Å². The molecule has 0 aromatic carbocycles. The molecule has 0 bridgehead atoms. The number of hydrogen-bond acceptors (Lipinski definition) is 5. The van der Waals surface area contributed by atoms with Gasteiger partial charge in [0.05, 0.1) is 17.9 Å². The SMILES string of the molecule is c1cnc(-n2cccn2)c(NCc2ccncn2)c1. The third-order valence-corrected chi connectivity index (χ3v) is 2.61. The van der Waals surface area contributed by atoms with Crippen LogP contribution >= 0.6 is 0 Å². The van der Waals surface area contributed by atoms with Crippen molar-refractivity contribution in [3.05, 3.63) is 61.1 Å². The van der Waals surface area contributed by atoms with Crippen molar-refractivity contribution in [3.8, 4) is 5.82 Å². The molecule has 3 aromatic rings. The average Bonchev–Trinajstić information content (AvgIpc) is 3.01. The Balaban J connectivity index is 1.82. The Labute approximate surface area is 110 Å². The molecule has 0 aliphatic carbocycles. The summed E-state index contributed by atoms with van der Waals surface area (Å²) in [5.41, 5.74) is 1.83. The van der Waals surface area contributed by atoms with Crippen LogP contribution in [0.2, 0.25) is 0 Å². The van der Waals surface area contributed by atoms with Gasteiger partial charge in [0.15, 0.2) is 5.82 Å². The highest BCUT2D eigenvalue weighted by atomic mass is 15.3. The van der Waals surface area contributed by atoms with E-state index < -0.39 is 0 Å². The predicted octanol–water partition coefficient (Wildman–Crippen LogP) is 1.67. The lowest BCUT2D eigenvalue weighted by atomic mass is 10.3. The van der Waals surface area contributed by atoms with Gasteiger partial charge in [-0.1, -0.05) is 0 Å². The molecule has 3 heterocycles. The summed E-state index contributed by atoms with van der Waals surface area (Å²) in [6.45, 7) is 0.614. The second-order valence-electron chi connectivity index (χ2n) is 3.88. The molecule has 0 saturated carbocycles. The molecule has 0 saturated heterocycles. The minimum absolute atomic E-state index is 0.614. The summed E-state index contributed by atoms with van der Waals surface area (Å²) >= 11 is 0. The van der Waals surface area contributed by atoms with E-state index in [0.29, 0.717) is 6.54 Å². The van der Waals surface area contributed by atoms with Crippen molar-refractivity contribution >= 4 is 5.69 Å². The number of aromatic nitrogens is 5. The van der Waals surface area contributed by atoms with Crippen LogP contribution in [0.3, 0.4) is 0 Å². The van der Waals surface area contributed by atoms with Gasteiger partial charge in [-0.25, -0.2) is 19.6 Å². The Morgan fingerprint density at radius 1 is 1.05 bits per heavy atom. The molecule has 0 aliphatic heterocycles. The summed E-state index contributed by atoms with van der Waals surface area (Å²) in [6, 6.07) is 7.58. The number of anilines is 1. The molecule has 0 atom stereocenters. The van der Waals surface area contributed by atoms with E-state index in [0.717, 1.165) is 17.2 Å². The van der Waals surface area contributed by atoms with Crippen LogP contribution in [0.15, 0.2) is 55.4 Å². The molecule has 0 fully saturated rings. The molecule has 3 rings (SSSR count). The van der Waals surface area contributed by atoms with Gasteiger partial charge in [-0.05, 0) is 24.3 Å². The predicted molar refractivity (Wildman–Crippen MR) is 70.7 cm³/mol. The summed E-state index contributed by atoms with van der Waals surface area (Å²) in [4.78, 5) is 12.4. The molecule has 0 unspecified atom stereocenters. The summed E-state index contributed by atoms with van der Waals surface area (Å²) in [6.07, 6.45) is 8.59. The third kappa shape index (κ3) is 2.57. The fourth-order valence-corrected chi connectivity index (χ4v) is 1.72. The van der Waals surface area contributed by atoms with Crippen LogP contribution in [-0.4, -0.2) is 24.7 Å². The van der Waals surface area contributed by atoms with Crippen molar-refractivity contribution in [2.24, 2.45) is 0 Å². The summed E-state index contributed by atoms with van der Waals surface area (Å²) in [5, 5.41) is 7.49. The normalized spacial score (nSPS) is 10.3. The van der Waals surface area contributed by atoms with Crippen LogP contribution < -0.4 is 5.32 Å². The van der Waals surface area contributed by atoms with Gasteiger partial charge < -0.3 is 5.32 Å². The molecule has 3 aromatic heterocycles. The largest absolute Gasteiger partial charge is 0.376 e. The fraction of sp³-hybridized carbons (Fsp3) is 0.0769. The van der Waals surface area contributed by atoms with Gasteiger partial charge in [0, 0.05) is 24.8 Å². The lowest BCUT2D eigenvalue weighted by Crippen LogP contribution is -2.07. The Kier molecular flexibility index (Phi) is 3.14. The van der Waals surface area contributed by atoms with Crippen molar-refractivity contribution in [1.82, 2.24) is 24.7 Å². The maximum atomic E-state index is 4.34. The summed E-state index contributed by atoms with van der Waals surface area (Å²) in [5.74, 6) is 0.765. The van der Waals surface area contributed by atoms with E-state index in [9.17, 15) is 0 Å². The number of nitrogens with one attached hydrogen (secondary N) is 1. The maximum Gasteiger partial charge on any atom is 0.176 e. The molecule has 6 nitrogen and oxygen atoms in total. The molecule has 0 radical (unpaired) electrons. The van der Waals surface area contributed by atoms with Crippen molar-refractivity contribution < 1.29 is 0 Å². The lowest BCUT2D eigenvalue weighted by Gasteiger charge is -2.10. The van der Waals surface area contributed by atoms with Crippen molar-refractivity contribution in [2.75, 3.05) is 5.32 Å². The average molecular weight is 252 g/mol. The second-order valence-corrected chi connectivity index (χ2v) is 3.88. The first-order valence-corrected chi connectivity index (χ1v) is 5.87. The maximum absolute atomic E-state index is 4.34. The topological polar surface area (TPSA) is 68.5 Å². The van der Waals surface area contributed by atoms with Crippen LogP contribution in [0.5, 0.6) is 0 Å². The van der Waals surface area contributed by atoms with Crippen LogP contribution in [0, 0.1) is 0 Å². The Hall–Kier alpha value is -2.76. The zero-order valence-electron chi connectivity index (χ0n) is 10.1. The zero-order chi connectivity index (χ0) is 12.9. The molecular weight excluding hydrogens is 240 g/mol. The van der Waals surface area contributed by atoms with Crippen molar-refractivity contribution in [3.63, 3.8) is 0 Å². The molecule has 19 heavy (non-hydrogen) atoms. The molecule has 6 heteroatoms. The van der Waals surface area contributed by atoms with Gasteiger partial charge in [-0.2, -0.15) is 5.10 Å². The van der Waals surface area contributed by atoms with E-state index in [4.69, 9.17) is 0 Å². The minimum Gasteiger partial charge on any atom is -0.376 e. The highest BCUT2D eigenvalue weighted by Gasteiger charge is 2.05. The zero-order valence-corrected chi connectivity index (χ0v) is 10.1. The summed E-state index contributed by atoms with van der Waals surface area (Å²) in [7, 11) is 0. The number of pyridine rings is 1. The van der Waals surface area contributed by atoms with E-state index >= 15 is 0 Å². The van der Waals surface area contributed by atoms with Crippen LogP contribution in [0.1, 0.15) is 5.69 Å². The van der Waals surface area contributed by atoms with Gasteiger partial charge in [0.2, 0.25) is 0 Å². The van der Waals surface area contributed by atoms with E-state index in [1.165, 1.54) is 6.33 Å². The van der Waals surface area contributed by atoms with Gasteiger partial charge in [-0.3, -0.25) is 0 Å². The van der Waals surface area contributed by atoms with E-state index in [-0.39, 0.29) is 0 Å². The van der Waals surface area contributed by atoms with Crippen molar-refractivity contribution in [2.45, 2.75) is 6.54 Å². The number of nitrogens with zero attached hydrogens (tertiary/aromatic N) is 5. The molecule has 94 valence electrons. The lowest BCUT2D eigenvalue weighted by molar-refractivity contribution is 0.845. The standard InChI is InChI=1S/C13H12N6/c1-3-12(16-9-11-4-7-14-10-17-11)13(15-5-1)19-8-2-6-18-19/h1-8,10,16H,9H2. The quantitative estimate of drug-likeness (QED) is 0.765. The van der Waals surface area contributed by atoms with Gasteiger partial charge in [-0.15, -0.1) is 0 Å². The second kappa shape index (κ2) is 5.26. The van der Waals surface area contributed by atoms with Crippen LogP contribution in [0.4, 0.5) is 5.69 Å². The third-order valence-electron chi connectivity index (χ3n) is 2.61. The first-order chi connectivity index (χ1) is 9.43. The number of rotatable bonds is 4. The monoisotopic (exact) mass is 252 g/mol. The fourth-order valence-electron chi connectivity index (χ4n) is 1.72. The number of hydrogen-bond donors (Lipinski definition) is 1. The molecular formula is C13H12N6. The van der Waals surface area contributed by atoms with Crippen LogP contribution in [-0.2, 0) is 6.54 Å². The molecule has 0 amide bonds. The van der Waals surface area contributed by atoms with Crippen LogP contribution in [0.25, 0.3) is 5.82 Å². The molecule has 0 aliphatic rings. The summed E-state index contributed by atoms with van der Waals surface area (Å²) < 4.78 is 1.72. The first kappa shape index (κ1) is 11.3. The van der Waals surface area contributed by atoms with E-state index in [2.05, 4.69) is 25.4 Å². The highest BCUT2D eigenvalue weighted by Crippen LogP contribution is 2.16. The Bertz CT molecular complexity index is 635. The first-order valence-electron chi connectivity index (χ1n) is 5.87. The van der Waals surface area contributed by atoms with Gasteiger partial charge in [0.1, 0.15) is 6.33 Å². The van der Waals surface area contributed by atoms with Gasteiger partial charge in [0.25, 0.3) is 0 Å². The van der Waals surface area contributed by atoms with Gasteiger partial charge >= 0.3 is 0 Å². The van der Waals surface area contributed by atoms with E-state index in [1.54, 1.807) is 23.3 Å². The molecule has 1 N–H and O–H groups in total. The highest BCUT2D eigenvalue weighted by molar-refractivity contribution is 5.56.